The number of nitrogens with zero attached hydrogens (tertiary/aromatic N) is 4. The van der Waals surface area contributed by atoms with E-state index >= 15 is 0 Å². The molecule has 3 aromatic rings. The summed E-state index contributed by atoms with van der Waals surface area (Å²) in [5.74, 6) is 0.984. The molecule has 29 heavy (non-hydrogen) atoms. The number of fused-ring (bicyclic) bond motifs is 1. The molecular weight excluding hydrogens is 360 g/mol. The summed E-state index contributed by atoms with van der Waals surface area (Å²) in [7, 11) is 0. The zero-order valence-corrected chi connectivity index (χ0v) is 17.9. The van der Waals surface area contributed by atoms with Crippen molar-refractivity contribution in [1.29, 1.82) is 0 Å². The Labute approximate surface area is 172 Å². The van der Waals surface area contributed by atoms with Gasteiger partial charge in [-0.2, -0.15) is 0 Å². The molecule has 1 amide bonds. The topological polar surface area (TPSA) is 41.4 Å². The van der Waals surface area contributed by atoms with Crippen LogP contribution in [0.3, 0.4) is 0 Å². The number of rotatable bonds is 4. The van der Waals surface area contributed by atoms with Gasteiger partial charge >= 0.3 is 0 Å². The standard InChI is InChI=1S/C24H30N4O/c1-5-28-22(24(29)27-15-13-26(14-16-27)17(2)3)18(4)25-23(28)21-12-8-10-19-9-6-7-11-20(19)21/h6-12,17H,5,13-16H2,1-4H3. The van der Waals surface area contributed by atoms with Crippen molar-refractivity contribution in [2.24, 2.45) is 0 Å². The van der Waals surface area contributed by atoms with Gasteiger partial charge in [0.15, 0.2) is 0 Å². The Morgan fingerprint density at radius 3 is 2.41 bits per heavy atom. The van der Waals surface area contributed by atoms with Gasteiger partial charge in [-0.3, -0.25) is 9.69 Å². The molecule has 0 bridgehead atoms. The maximum absolute atomic E-state index is 13.4. The fourth-order valence-electron chi connectivity index (χ4n) is 4.37. The van der Waals surface area contributed by atoms with Crippen molar-refractivity contribution in [2.75, 3.05) is 26.2 Å². The van der Waals surface area contributed by atoms with E-state index in [1.807, 2.05) is 11.8 Å². The quantitative estimate of drug-likeness (QED) is 0.670. The van der Waals surface area contributed by atoms with Crippen molar-refractivity contribution in [2.45, 2.75) is 40.3 Å². The number of hydrogen-bond acceptors (Lipinski definition) is 3. The predicted octanol–water partition coefficient (Wildman–Crippen LogP) is 4.20. The lowest BCUT2D eigenvalue weighted by Gasteiger charge is -2.37. The van der Waals surface area contributed by atoms with Gasteiger partial charge in [0.2, 0.25) is 0 Å². The highest BCUT2D eigenvalue weighted by atomic mass is 16.2. The van der Waals surface area contributed by atoms with Crippen LogP contribution < -0.4 is 0 Å². The largest absolute Gasteiger partial charge is 0.335 e. The SMILES string of the molecule is CCn1c(-c2cccc3ccccc23)nc(C)c1C(=O)N1CCN(C(C)C)CC1. The van der Waals surface area contributed by atoms with Crippen LogP contribution in [-0.2, 0) is 6.54 Å². The molecule has 0 atom stereocenters. The van der Waals surface area contributed by atoms with Gasteiger partial charge in [0.05, 0.1) is 5.69 Å². The number of carbonyl (C=O) groups excluding carboxylic acids is 1. The van der Waals surface area contributed by atoms with E-state index in [9.17, 15) is 4.79 Å². The van der Waals surface area contributed by atoms with Crippen LogP contribution in [0.4, 0.5) is 0 Å². The van der Waals surface area contributed by atoms with E-state index in [-0.39, 0.29) is 5.91 Å². The monoisotopic (exact) mass is 390 g/mol. The van der Waals surface area contributed by atoms with Crippen molar-refractivity contribution >= 4 is 16.7 Å². The van der Waals surface area contributed by atoms with E-state index in [1.54, 1.807) is 0 Å². The molecule has 152 valence electrons. The molecule has 0 saturated carbocycles. The molecule has 0 unspecified atom stereocenters. The average molecular weight is 391 g/mol. The van der Waals surface area contributed by atoms with E-state index in [0.717, 1.165) is 49.0 Å². The molecule has 0 aliphatic carbocycles. The average Bonchev–Trinajstić information content (AvgIpc) is 3.08. The molecule has 0 radical (unpaired) electrons. The van der Waals surface area contributed by atoms with Crippen LogP contribution >= 0.6 is 0 Å². The van der Waals surface area contributed by atoms with Gasteiger partial charge in [0, 0.05) is 44.3 Å². The first kappa shape index (κ1) is 19.6. The molecule has 4 rings (SSSR count). The summed E-state index contributed by atoms with van der Waals surface area (Å²) in [5.41, 5.74) is 2.62. The molecule has 1 saturated heterocycles. The number of piperazine rings is 1. The second-order valence-electron chi connectivity index (χ2n) is 8.06. The van der Waals surface area contributed by atoms with Gasteiger partial charge in [-0.1, -0.05) is 42.5 Å². The third kappa shape index (κ3) is 3.55. The molecule has 1 aliphatic heterocycles. The zero-order valence-electron chi connectivity index (χ0n) is 17.9. The highest BCUT2D eigenvalue weighted by Gasteiger charge is 2.28. The Balaban J connectivity index is 1.71. The third-order valence-electron chi connectivity index (χ3n) is 6.02. The summed E-state index contributed by atoms with van der Waals surface area (Å²) in [6.45, 7) is 12.6. The number of hydrogen-bond donors (Lipinski definition) is 0. The molecule has 1 aliphatic rings. The van der Waals surface area contributed by atoms with E-state index in [4.69, 9.17) is 4.98 Å². The molecule has 5 nitrogen and oxygen atoms in total. The zero-order chi connectivity index (χ0) is 20.5. The normalized spacial score (nSPS) is 15.4. The number of benzene rings is 2. The second-order valence-corrected chi connectivity index (χ2v) is 8.06. The van der Waals surface area contributed by atoms with E-state index in [1.165, 1.54) is 10.8 Å². The van der Waals surface area contributed by atoms with E-state index < -0.39 is 0 Å². The summed E-state index contributed by atoms with van der Waals surface area (Å²) in [4.78, 5) is 22.7. The first-order valence-corrected chi connectivity index (χ1v) is 10.6. The molecular formula is C24H30N4O. The maximum atomic E-state index is 13.4. The fraction of sp³-hybridized carbons (Fsp3) is 0.417. The maximum Gasteiger partial charge on any atom is 0.272 e. The summed E-state index contributed by atoms with van der Waals surface area (Å²) < 4.78 is 2.09. The van der Waals surface area contributed by atoms with Crippen LogP contribution in [0.15, 0.2) is 42.5 Å². The minimum atomic E-state index is 0.103. The number of carbonyl (C=O) groups is 1. The molecule has 0 N–H and O–H groups in total. The molecule has 2 aromatic carbocycles. The summed E-state index contributed by atoms with van der Waals surface area (Å²) >= 11 is 0. The van der Waals surface area contributed by atoms with Gasteiger partial charge in [-0.05, 0) is 38.5 Å². The second kappa shape index (κ2) is 7.99. The highest BCUT2D eigenvalue weighted by molar-refractivity contribution is 5.98. The smallest absolute Gasteiger partial charge is 0.272 e. The van der Waals surface area contributed by atoms with Gasteiger partial charge in [-0.25, -0.2) is 4.98 Å². The van der Waals surface area contributed by atoms with Gasteiger partial charge in [0.25, 0.3) is 5.91 Å². The number of aryl methyl sites for hydroxylation is 1. The molecule has 1 aromatic heterocycles. The first-order valence-electron chi connectivity index (χ1n) is 10.6. The third-order valence-corrected chi connectivity index (χ3v) is 6.02. The van der Waals surface area contributed by atoms with Crippen molar-refractivity contribution in [3.8, 4) is 11.4 Å². The van der Waals surface area contributed by atoms with E-state index in [2.05, 4.69) is 72.7 Å². The molecule has 2 heterocycles. The van der Waals surface area contributed by atoms with Crippen LogP contribution in [0.25, 0.3) is 22.2 Å². The van der Waals surface area contributed by atoms with Crippen LogP contribution in [0.5, 0.6) is 0 Å². The minimum Gasteiger partial charge on any atom is -0.335 e. The van der Waals surface area contributed by atoms with Crippen LogP contribution in [0.1, 0.15) is 37.0 Å². The lowest BCUT2D eigenvalue weighted by atomic mass is 10.0. The Bertz CT molecular complexity index is 1020. The summed E-state index contributed by atoms with van der Waals surface area (Å²) in [5, 5.41) is 2.35. The number of aromatic nitrogens is 2. The Morgan fingerprint density at radius 2 is 1.72 bits per heavy atom. The van der Waals surface area contributed by atoms with Crippen LogP contribution in [-0.4, -0.2) is 57.5 Å². The molecule has 5 heteroatoms. The fourth-order valence-corrected chi connectivity index (χ4v) is 4.37. The van der Waals surface area contributed by atoms with Crippen molar-refractivity contribution in [3.05, 3.63) is 53.9 Å². The van der Waals surface area contributed by atoms with Gasteiger partial charge in [0.1, 0.15) is 11.5 Å². The van der Waals surface area contributed by atoms with Gasteiger partial charge < -0.3 is 9.47 Å². The Morgan fingerprint density at radius 1 is 1.03 bits per heavy atom. The number of amides is 1. The van der Waals surface area contributed by atoms with Crippen LogP contribution in [0, 0.1) is 6.92 Å². The van der Waals surface area contributed by atoms with Crippen molar-refractivity contribution in [3.63, 3.8) is 0 Å². The molecule has 1 fully saturated rings. The van der Waals surface area contributed by atoms with Gasteiger partial charge in [-0.15, -0.1) is 0 Å². The summed E-state index contributed by atoms with van der Waals surface area (Å²) in [6.07, 6.45) is 0. The highest BCUT2D eigenvalue weighted by Crippen LogP contribution is 2.30. The predicted molar refractivity (Wildman–Crippen MR) is 118 cm³/mol. The van der Waals surface area contributed by atoms with Crippen LogP contribution in [0.2, 0.25) is 0 Å². The minimum absolute atomic E-state index is 0.103. The molecule has 0 spiro atoms. The van der Waals surface area contributed by atoms with E-state index in [0.29, 0.717) is 12.6 Å². The Kier molecular flexibility index (Phi) is 5.41. The lowest BCUT2D eigenvalue weighted by molar-refractivity contribution is 0.0585. The summed E-state index contributed by atoms with van der Waals surface area (Å²) in [6, 6.07) is 15.2. The Hall–Kier alpha value is -2.66. The lowest BCUT2D eigenvalue weighted by Crippen LogP contribution is -2.51. The number of imidazole rings is 1. The first-order chi connectivity index (χ1) is 14.0. The van der Waals surface area contributed by atoms with Crippen molar-refractivity contribution < 1.29 is 4.79 Å². The van der Waals surface area contributed by atoms with Crippen molar-refractivity contribution in [1.82, 2.24) is 19.4 Å².